The Labute approximate surface area is 141 Å². The van der Waals surface area contributed by atoms with Crippen molar-refractivity contribution in [2.75, 3.05) is 19.7 Å². The Morgan fingerprint density at radius 2 is 2.04 bits per heavy atom. The molecule has 23 heavy (non-hydrogen) atoms. The largest absolute Gasteiger partial charge is 0.444 e. The van der Waals surface area contributed by atoms with Crippen molar-refractivity contribution < 1.29 is 14.3 Å². The van der Waals surface area contributed by atoms with E-state index in [1.807, 2.05) is 25.7 Å². The molecule has 2 rings (SSSR count). The number of hydrogen-bond donors (Lipinski definition) is 1. The lowest BCUT2D eigenvalue weighted by molar-refractivity contribution is -0.00369. The van der Waals surface area contributed by atoms with Crippen LogP contribution in [0.25, 0.3) is 0 Å². The zero-order valence-corrected chi connectivity index (χ0v) is 15.3. The molecule has 0 aliphatic carbocycles. The van der Waals surface area contributed by atoms with E-state index in [1.54, 1.807) is 0 Å². The normalized spacial score (nSPS) is 29.9. The molecular weight excluding hydrogens is 292 g/mol. The Morgan fingerprint density at radius 3 is 2.74 bits per heavy atom. The van der Waals surface area contributed by atoms with Crippen LogP contribution >= 0.6 is 0 Å². The van der Waals surface area contributed by atoms with Crippen LogP contribution in [-0.4, -0.2) is 54.5 Å². The number of rotatable bonds is 3. The molecule has 2 aliphatic heterocycles. The summed E-state index contributed by atoms with van der Waals surface area (Å²) in [6.45, 7) is 10.4. The van der Waals surface area contributed by atoms with Gasteiger partial charge in [0, 0.05) is 31.8 Å². The van der Waals surface area contributed by atoms with Crippen LogP contribution in [0.2, 0.25) is 0 Å². The Morgan fingerprint density at radius 1 is 1.26 bits per heavy atom. The van der Waals surface area contributed by atoms with E-state index < -0.39 is 5.60 Å². The highest BCUT2D eigenvalue weighted by atomic mass is 16.6. The number of amides is 1. The summed E-state index contributed by atoms with van der Waals surface area (Å²) >= 11 is 0. The summed E-state index contributed by atoms with van der Waals surface area (Å²) in [5, 5.41) is 3.78. The molecule has 1 N–H and O–H groups in total. The summed E-state index contributed by atoms with van der Waals surface area (Å²) in [7, 11) is 0. The maximum Gasteiger partial charge on any atom is 0.410 e. The first kappa shape index (κ1) is 18.5. The fourth-order valence-corrected chi connectivity index (χ4v) is 3.42. The van der Waals surface area contributed by atoms with Crippen LogP contribution in [0, 0.1) is 0 Å². The van der Waals surface area contributed by atoms with Crippen molar-refractivity contribution in [1.82, 2.24) is 10.2 Å². The van der Waals surface area contributed by atoms with Gasteiger partial charge in [0.15, 0.2) is 0 Å². The molecule has 2 saturated heterocycles. The second kappa shape index (κ2) is 8.34. The molecule has 2 heterocycles. The molecule has 0 bridgehead atoms. The molecule has 0 saturated carbocycles. The monoisotopic (exact) mass is 326 g/mol. The summed E-state index contributed by atoms with van der Waals surface area (Å²) in [6, 6.07) is 0.878. The smallest absolute Gasteiger partial charge is 0.410 e. The minimum Gasteiger partial charge on any atom is -0.444 e. The third-order valence-electron chi connectivity index (χ3n) is 4.62. The quantitative estimate of drug-likeness (QED) is 0.864. The van der Waals surface area contributed by atoms with Gasteiger partial charge in [-0.3, -0.25) is 0 Å². The van der Waals surface area contributed by atoms with E-state index in [2.05, 4.69) is 12.2 Å². The van der Waals surface area contributed by atoms with E-state index in [0.717, 1.165) is 58.2 Å². The lowest BCUT2D eigenvalue weighted by atomic mass is 9.99. The van der Waals surface area contributed by atoms with Crippen molar-refractivity contribution in [3.63, 3.8) is 0 Å². The predicted octanol–water partition coefficient (Wildman–Crippen LogP) is 3.32. The van der Waals surface area contributed by atoms with E-state index in [-0.39, 0.29) is 6.09 Å². The predicted molar refractivity (Wildman–Crippen MR) is 91.6 cm³/mol. The zero-order valence-electron chi connectivity index (χ0n) is 15.3. The average molecular weight is 326 g/mol. The summed E-state index contributed by atoms with van der Waals surface area (Å²) < 4.78 is 11.3. The Bertz CT molecular complexity index is 381. The second-order valence-corrected chi connectivity index (χ2v) is 7.91. The number of hydrogen-bond acceptors (Lipinski definition) is 4. The molecule has 3 unspecified atom stereocenters. The van der Waals surface area contributed by atoms with E-state index in [1.165, 1.54) is 0 Å². The molecule has 1 amide bonds. The second-order valence-electron chi connectivity index (χ2n) is 7.91. The lowest BCUT2D eigenvalue weighted by Crippen LogP contribution is -2.49. The molecule has 3 atom stereocenters. The van der Waals surface area contributed by atoms with Crippen LogP contribution in [0.1, 0.15) is 66.2 Å². The highest BCUT2D eigenvalue weighted by molar-refractivity contribution is 5.68. The zero-order chi connectivity index (χ0) is 16.9. The molecule has 0 aromatic heterocycles. The fraction of sp³-hybridized carbons (Fsp3) is 0.944. The van der Waals surface area contributed by atoms with E-state index in [9.17, 15) is 4.79 Å². The van der Waals surface area contributed by atoms with Crippen molar-refractivity contribution in [3.8, 4) is 0 Å². The van der Waals surface area contributed by atoms with Gasteiger partial charge in [-0.2, -0.15) is 0 Å². The Hall–Kier alpha value is -0.810. The van der Waals surface area contributed by atoms with Crippen LogP contribution in [0.5, 0.6) is 0 Å². The van der Waals surface area contributed by atoms with Gasteiger partial charge in [0.05, 0.1) is 6.10 Å². The standard InChI is InChI=1S/C18H34N2O3/c1-5-16-12-14(9-11-22-16)19-15-8-6-7-10-20(13-15)17(21)23-18(2,3)4/h14-16,19H,5-13H2,1-4H3. The lowest BCUT2D eigenvalue weighted by Gasteiger charge is -2.34. The van der Waals surface area contributed by atoms with Crippen molar-refractivity contribution in [2.45, 2.75) is 90.0 Å². The third-order valence-corrected chi connectivity index (χ3v) is 4.62. The van der Waals surface area contributed by atoms with Gasteiger partial charge >= 0.3 is 6.09 Å². The van der Waals surface area contributed by atoms with E-state index in [0.29, 0.717) is 18.2 Å². The maximum absolute atomic E-state index is 12.4. The average Bonchev–Trinajstić information content (AvgIpc) is 2.71. The first-order valence-electron chi connectivity index (χ1n) is 9.23. The first-order chi connectivity index (χ1) is 10.9. The third kappa shape index (κ3) is 6.30. The molecule has 5 nitrogen and oxygen atoms in total. The van der Waals surface area contributed by atoms with Gasteiger partial charge in [-0.25, -0.2) is 4.79 Å². The molecule has 2 aliphatic rings. The molecule has 134 valence electrons. The number of ether oxygens (including phenoxy) is 2. The van der Waals surface area contributed by atoms with Crippen molar-refractivity contribution in [3.05, 3.63) is 0 Å². The maximum atomic E-state index is 12.4. The number of carbonyl (C=O) groups is 1. The van der Waals surface area contributed by atoms with Gasteiger partial charge in [-0.1, -0.05) is 13.3 Å². The molecule has 0 spiro atoms. The van der Waals surface area contributed by atoms with Crippen LogP contribution in [0.15, 0.2) is 0 Å². The Kier molecular flexibility index (Phi) is 6.72. The number of nitrogens with zero attached hydrogens (tertiary/aromatic N) is 1. The van der Waals surface area contributed by atoms with Crippen LogP contribution in [0.4, 0.5) is 4.79 Å². The highest BCUT2D eigenvalue weighted by Crippen LogP contribution is 2.20. The number of likely N-dealkylation sites (tertiary alicyclic amines) is 1. The number of nitrogens with one attached hydrogen (secondary N) is 1. The van der Waals surface area contributed by atoms with Crippen LogP contribution in [0.3, 0.4) is 0 Å². The Balaban J connectivity index is 1.87. The molecule has 0 aromatic carbocycles. The van der Waals surface area contributed by atoms with Crippen molar-refractivity contribution in [1.29, 1.82) is 0 Å². The minimum absolute atomic E-state index is 0.176. The fourth-order valence-electron chi connectivity index (χ4n) is 3.42. The van der Waals surface area contributed by atoms with Crippen LogP contribution in [-0.2, 0) is 9.47 Å². The molecule has 2 fully saturated rings. The first-order valence-corrected chi connectivity index (χ1v) is 9.23. The topological polar surface area (TPSA) is 50.8 Å². The summed E-state index contributed by atoms with van der Waals surface area (Å²) in [6.07, 6.45) is 6.79. The SMILES string of the molecule is CCC1CC(NC2CCCCN(C(=O)OC(C)(C)C)C2)CCO1. The molecule has 5 heteroatoms. The number of carbonyl (C=O) groups excluding carboxylic acids is 1. The van der Waals surface area contributed by atoms with E-state index >= 15 is 0 Å². The van der Waals surface area contributed by atoms with E-state index in [4.69, 9.17) is 9.47 Å². The van der Waals surface area contributed by atoms with Gasteiger partial charge in [-0.05, 0) is 52.9 Å². The molecular formula is C18H34N2O3. The van der Waals surface area contributed by atoms with Gasteiger partial charge < -0.3 is 19.7 Å². The summed E-state index contributed by atoms with van der Waals surface area (Å²) in [4.78, 5) is 14.2. The van der Waals surface area contributed by atoms with Gasteiger partial charge in [0.1, 0.15) is 5.60 Å². The summed E-state index contributed by atoms with van der Waals surface area (Å²) in [5.74, 6) is 0. The minimum atomic E-state index is -0.429. The van der Waals surface area contributed by atoms with Gasteiger partial charge in [0.25, 0.3) is 0 Å². The molecule has 0 radical (unpaired) electrons. The van der Waals surface area contributed by atoms with Crippen LogP contribution < -0.4 is 5.32 Å². The molecule has 0 aromatic rings. The van der Waals surface area contributed by atoms with Crippen molar-refractivity contribution >= 4 is 6.09 Å². The van der Waals surface area contributed by atoms with Crippen molar-refractivity contribution in [2.24, 2.45) is 0 Å². The van der Waals surface area contributed by atoms with Gasteiger partial charge in [0.2, 0.25) is 0 Å². The highest BCUT2D eigenvalue weighted by Gasteiger charge is 2.29. The summed E-state index contributed by atoms with van der Waals surface area (Å²) in [5.41, 5.74) is -0.429. The van der Waals surface area contributed by atoms with Gasteiger partial charge in [-0.15, -0.1) is 0 Å².